The summed E-state index contributed by atoms with van der Waals surface area (Å²) in [5, 5.41) is 3.67. The average Bonchev–Trinajstić information content (AvgIpc) is 2.88. The summed E-state index contributed by atoms with van der Waals surface area (Å²) in [7, 11) is 1.39. The van der Waals surface area contributed by atoms with E-state index >= 15 is 0 Å². The van der Waals surface area contributed by atoms with Crippen molar-refractivity contribution < 1.29 is 14.3 Å². The third-order valence-corrected chi connectivity index (χ3v) is 4.26. The van der Waals surface area contributed by atoms with Crippen LogP contribution in [-0.2, 0) is 20.9 Å². The Hall–Kier alpha value is -1.59. The van der Waals surface area contributed by atoms with Crippen LogP contribution < -0.4 is 5.32 Å². The fraction of sp³-hybridized carbons (Fsp3) is 0.529. The number of ether oxygens (including phenoxy) is 1. The van der Waals surface area contributed by atoms with E-state index in [-0.39, 0.29) is 29.9 Å². The second kappa shape index (κ2) is 7.79. The smallest absolute Gasteiger partial charge is 0.323 e. The van der Waals surface area contributed by atoms with E-state index in [0.717, 1.165) is 5.56 Å². The zero-order valence-corrected chi connectivity index (χ0v) is 14.5. The normalized spacial score (nSPS) is 21.4. The average molecular weight is 339 g/mol. The van der Waals surface area contributed by atoms with E-state index in [4.69, 9.17) is 16.3 Å². The molecule has 1 aliphatic rings. The number of amides is 1. The van der Waals surface area contributed by atoms with E-state index in [0.29, 0.717) is 24.5 Å². The predicted molar refractivity (Wildman–Crippen MR) is 89.1 cm³/mol. The van der Waals surface area contributed by atoms with Gasteiger partial charge in [-0.15, -0.1) is 0 Å². The van der Waals surface area contributed by atoms with E-state index in [1.165, 1.54) is 7.11 Å². The molecule has 1 aromatic carbocycles. The lowest BCUT2D eigenvalue weighted by atomic mass is 10.1. The molecule has 1 N–H and O–H groups in total. The molecule has 1 aliphatic heterocycles. The van der Waals surface area contributed by atoms with Crippen LogP contribution in [0.15, 0.2) is 24.3 Å². The molecule has 2 atom stereocenters. The molecule has 0 saturated carbocycles. The molecule has 1 aromatic rings. The van der Waals surface area contributed by atoms with Crippen LogP contribution in [0.1, 0.15) is 25.8 Å². The quantitative estimate of drug-likeness (QED) is 0.836. The van der Waals surface area contributed by atoms with Crippen molar-refractivity contribution >= 4 is 23.5 Å². The van der Waals surface area contributed by atoms with Gasteiger partial charge < -0.3 is 10.1 Å². The van der Waals surface area contributed by atoms with Crippen molar-refractivity contribution in [3.8, 4) is 0 Å². The lowest BCUT2D eigenvalue weighted by molar-refractivity contribution is -0.146. The molecule has 6 heteroatoms. The number of benzene rings is 1. The zero-order valence-electron chi connectivity index (χ0n) is 13.7. The number of nitrogens with zero attached hydrogens (tertiary/aromatic N) is 1. The molecular weight excluding hydrogens is 316 g/mol. The van der Waals surface area contributed by atoms with Crippen molar-refractivity contribution in [3.63, 3.8) is 0 Å². The Bertz CT molecular complexity index is 577. The minimum atomic E-state index is -0.351. The van der Waals surface area contributed by atoms with Crippen LogP contribution in [0.5, 0.6) is 0 Å². The highest BCUT2D eigenvalue weighted by molar-refractivity contribution is 6.30. The van der Waals surface area contributed by atoms with Crippen molar-refractivity contribution in [1.29, 1.82) is 0 Å². The van der Waals surface area contributed by atoms with Gasteiger partial charge in [0.1, 0.15) is 6.04 Å². The van der Waals surface area contributed by atoms with E-state index in [2.05, 4.69) is 5.32 Å². The van der Waals surface area contributed by atoms with Crippen LogP contribution in [-0.4, -0.2) is 42.5 Å². The molecule has 0 spiro atoms. The van der Waals surface area contributed by atoms with E-state index in [9.17, 15) is 9.59 Å². The fourth-order valence-corrected chi connectivity index (χ4v) is 3.01. The van der Waals surface area contributed by atoms with Gasteiger partial charge in [0.05, 0.1) is 7.11 Å². The minimum absolute atomic E-state index is 0.00298. The van der Waals surface area contributed by atoms with Gasteiger partial charge in [0.25, 0.3) is 0 Å². The summed E-state index contributed by atoms with van der Waals surface area (Å²) in [6.07, 6.45) is 0.561. The first-order chi connectivity index (χ1) is 10.9. The third kappa shape index (κ3) is 4.69. The number of esters is 1. The molecule has 0 aromatic heterocycles. The number of methoxy groups -OCH3 is 1. The maximum atomic E-state index is 12.0. The van der Waals surface area contributed by atoms with Gasteiger partial charge in [-0.1, -0.05) is 37.6 Å². The molecule has 0 aliphatic carbocycles. The highest BCUT2D eigenvalue weighted by atomic mass is 35.5. The first-order valence-electron chi connectivity index (χ1n) is 7.77. The van der Waals surface area contributed by atoms with E-state index in [1.807, 2.05) is 43.0 Å². The van der Waals surface area contributed by atoms with Crippen molar-refractivity contribution in [2.75, 3.05) is 13.7 Å². The minimum Gasteiger partial charge on any atom is -0.468 e. The first-order valence-corrected chi connectivity index (χ1v) is 8.15. The number of rotatable bonds is 5. The maximum Gasteiger partial charge on any atom is 0.323 e. The van der Waals surface area contributed by atoms with Crippen molar-refractivity contribution in [1.82, 2.24) is 10.2 Å². The Morgan fingerprint density at radius 2 is 2.17 bits per heavy atom. The largest absolute Gasteiger partial charge is 0.468 e. The van der Waals surface area contributed by atoms with Crippen LogP contribution >= 0.6 is 11.6 Å². The lowest BCUT2D eigenvalue weighted by Gasteiger charge is -2.22. The predicted octanol–water partition coefficient (Wildman–Crippen LogP) is 2.23. The maximum absolute atomic E-state index is 12.0. The Kier molecular flexibility index (Phi) is 6.02. The standard InChI is InChI=1S/C17H23ClN2O3/c1-11(2)16(21)19-14-8-15(17(22)23-3)20(10-14)9-12-5-4-6-13(18)7-12/h4-7,11,14-15H,8-10H2,1-3H3,(H,19,21)/t14-,15+/m1/s1. The summed E-state index contributed by atoms with van der Waals surface area (Å²) in [6.45, 7) is 4.91. The molecule has 1 heterocycles. The second-order valence-electron chi connectivity index (χ2n) is 6.19. The SMILES string of the molecule is COC(=O)[C@@H]1C[C@@H](NC(=O)C(C)C)CN1Cc1cccc(Cl)c1. The van der Waals surface area contributed by atoms with Gasteiger partial charge in [-0.3, -0.25) is 14.5 Å². The number of hydrogen-bond acceptors (Lipinski definition) is 4. The van der Waals surface area contributed by atoms with Crippen LogP contribution in [0, 0.1) is 5.92 Å². The summed E-state index contributed by atoms with van der Waals surface area (Å²) < 4.78 is 4.91. The lowest BCUT2D eigenvalue weighted by Crippen LogP contribution is -2.39. The molecule has 1 saturated heterocycles. The Morgan fingerprint density at radius 1 is 1.43 bits per heavy atom. The molecule has 2 rings (SSSR count). The van der Waals surface area contributed by atoms with Crippen molar-refractivity contribution in [2.24, 2.45) is 5.92 Å². The van der Waals surface area contributed by atoms with Gasteiger partial charge in [0, 0.05) is 30.1 Å². The monoisotopic (exact) mass is 338 g/mol. The first kappa shape index (κ1) is 17.8. The number of carbonyl (C=O) groups excluding carboxylic acids is 2. The Labute approximate surface area is 141 Å². The number of halogens is 1. The fourth-order valence-electron chi connectivity index (χ4n) is 2.80. The number of nitrogens with one attached hydrogen (secondary N) is 1. The molecule has 1 fully saturated rings. The van der Waals surface area contributed by atoms with Crippen LogP contribution in [0.2, 0.25) is 5.02 Å². The van der Waals surface area contributed by atoms with Crippen molar-refractivity contribution in [2.45, 2.75) is 38.9 Å². The third-order valence-electron chi connectivity index (χ3n) is 4.02. The molecule has 0 radical (unpaired) electrons. The summed E-state index contributed by atoms with van der Waals surface area (Å²) in [4.78, 5) is 26.0. The van der Waals surface area contributed by atoms with E-state index < -0.39 is 0 Å². The van der Waals surface area contributed by atoms with Crippen LogP contribution in [0.4, 0.5) is 0 Å². The van der Waals surface area contributed by atoms with Crippen LogP contribution in [0.25, 0.3) is 0 Å². The summed E-state index contributed by atoms with van der Waals surface area (Å²) >= 11 is 6.02. The molecule has 0 bridgehead atoms. The van der Waals surface area contributed by atoms with Crippen LogP contribution in [0.3, 0.4) is 0 Å². The summed E-state index contributed by atoms with van der Waals surface area (Å²) in [5.41, 5.74) is 1.03. The van der Waals surface area contributed by atoms with Gasteiger partial charge in [-0.25, -0.2) is 0 Å². The molecule has 5 nitrogen and oxygen atoms in total. The molecule has 23 heavy (non-hydrogen) atoms. The molecular formula is C17H23ClN2O3. The number of hydrogen-bond donors (Lipinski definition) is 1. The van der Waals surface area contributed by atoms with Gasteiger partial charge in [-0.2, -0.15) is 0 Å². The number of carbonyl (C=O) groups is 2. The molecule has 126 valence electrons. The molecule has 0 unspecified atom stereocenters. The van der Waals surface area contributed by atoms with Gasteiger partial charge in [0.2, 0.25) is 5.91 Å². The zero-order chi connectivity index (χ0) is 17.0. The van der Waals surface area contributed by atoms with Gasteiger partial charge in [-0.05, 0) is 24.1 Å². The van der Waals surface area contributed by atoms with Crippen molar-refractivity contribution in [3.05, 3.63) is 34.9 Å². The summed E-state index contributed by atoms with van der Waals surface area (Å²) in [5.74, 6) is -0.342. The van der Waals surface area contributed by atoms with Gasteiger partial charge >= 0.3 is 5.97 Å². The van der Waals surface area contributed by atoms with E-state index in [1.54, 1.807) is 0 Å². The number of likely N-dealkylation sites (tertiary alicyclic amines) is 1. The highest BCUT2D eigenvalue weighted by Crippen LogP contribution is 2.23. The highest BCUT2D eigenvalue weighted by Gasteiger charge is 2.38. The van der Waals surface area contributed by atoms with Gasteiger partial charge in [0.15, 0.2) is 0 Å². The second-order valence-corrected chi connectivity index (χ2v) is 6.63. The molecule has 1 amide bonds. The summed E-state index contributed by atoms with van der Waals surface area (Å²) in [6, 6.07) is 7.16. The Morgan fingerprint density at radius 3 is 2.78 bits per heavy atom. The topological polar surface area (TPSA) is 58.6 Å². The Balaban J connectivity index is 2.08.